The molecular weight excluding hydrogens is 176 g/mol. The van der Waals surface area contributed by atoms with Gasteiger partial charge in [0.05, 0.1) is 11.8 Å². The van der Waals surface area contributed by atoms with Gasteiger partial charge in [-0.15, -0.1) is 0 Å². The Kier molecular flexibility index (Phi) is 4.14. The highest BCUT2D eigenvalue weighted by Gasteiger charge is 2.02. The molecule has 1 atom stereocenters. The summed E-state index contributed by atoms with van der Waals surface area (Å²) >= 11 is 0. The molecule has 0 unspecified atom stereocenters. The second kappa shape index (κ2) is 5.15. The fourth-order valence-corrected chi connectivity index (χ4v) is 1.37. The van der Waals surface area contributed by atoms with Crippen molar-refractivity contribution in [1.29, 1.82) is 0 Å². The summed E-state index contributed by atoms with van der Waals surface area (Å²) in [5.41, 5.74) is 1.08. The van der Waals surface area contributed by atoms with Gasteiger partial charge in [0.2, 0.25) is 0 Å². The molecule has 0 spiro atoms. The number of aliphatic hydroxyl groups excluding tert-OH is 1. The number of aliphatic hydroxyl groups is 1. The molecule has 1 aromatic heterocycles. The van der Waals surface area contributed by atoms with Gasteiger partial charge >= 0.3 is 0 Å². The van der Waals surface area contributed by atoms with Crippen LogP contribution in [0.5, 0.6) is 0 Å². The minimum absolute atomic E-state index is 0.231. The van der Waals surface area contributed by atoms with Crippen LogP contribution < -0.4 is 0 Å². The molecule has 0 aliphatic rings. The molecule has 0 fully saturated rings. The van der Waals surface area contributed by atoms with Crippen LogP contribution in [0, 0.1) is 5.92 Å². The fraction of sp³-hybridized carbons (Fsp3) is 0.727. The van der Waals surface area contributed by atoms with Crippen molar-refractivity contribution < 1.29 is 5.11 Å². The Morgan fingerprint density at radius 2 is 2.14 bits per heavy atom. The van der Waals surface area contributed by atoms with E-state index in [0.717, 1.165) is 25.1 Å². The van der Waals surface area contributed by atoms with Crippen molar-refractivity contribution in [2.75, 3.05) is 0 Å². The highest BCUT2D eigenvalue weighted by Crippen LogP contribution is 2.04. The Hall–Kier alpha value is -0.830. The minimum atomic E-state index is -0.231. The summed E-state index contributed by atoms with van der Waals surface area (Å²) < 4.78 is 1.97. The van der Waals surface area contributed by atoms with Crippen molar-refractivity contribution in [2.45, 2.75) is 46.3 Å². The number of aryl methyl sites for hydroxylation is 1. The summed E-state index contributed by atoms with van der Waals surface area (Å²) in [5, 5.41) is 13.6. The second-order valence-electron chi connectivity index (χ2n) is 4.31. The van der Waals surface area contributed by atoms with Crippen LogP contribution in [-0.4, -0.2) is 21.0 Å². The van der Waals surface area contributed by atoms with E-state index < -0.39 is 0 Å². The van der Waals surface area contributed by atoms with E-state index in [1.54, 1.807) is 0 Å². The monoisotopic (exact) mass is 196 g/mol. The number of rotatable bonds is 5. The standard InChI is InChI=1S/C11H20N2O/c1-9(2)8-13-7-6-11(12-13)5-4-10(3)14/h6-7,9-10,14H,4-5,8H2,1-3H3/t10-/m0/s1. The zero-order valence-electron chi connectivity index (χ0n) is 9.27. The molecular formula is C11H20N2O. The molecule has 3 nitrogen and oxygen atoms in total. The molecule has 1 heterocycles. The molecule has 1 aromatic rings. The second-order valence-corrected chi connectivity index (χ2v) is 4.31. The highest BCUT2D eigenvalue weighted by molar-refractivity contribution is 4.99. The lowest BCUT2D eigenvalue weighted by Crippen LogP contribution is -2.06. The SMILES string of the molecule is CC(C)Cn1ccc(CC[C@H](C)O)n1. The Balaban J connectivity index is 2.42. The first kappa shape index (κ1) is 11.2. The van der Waals surface area contributed by atoms with Gasteiger partial charge in [-0.2, -0.15) is 5.10 Å². The number of hydrogen-bond acceptors (Lipinski definition) is 2. The quantitative estimate of drug-likeness (QED) is 0.780. The molecule has 80 valence electrons. The first-order valence-electron chi connectivity index (χ1n) is 5.28. The van der Waals surface area contributed by atoms with Crippen LogP contribution in [0.25, 0.3) is 0 Å². The normalized spacial score (nSPS) is 13.5. The Labute approximate surface area is 85.8 Å². The van der Waals surface area contributed by atoms with Crippen molar-refractivity contribution in [3.05, 3.63) is 18.0 Å². The molecule has 0 aliphatic carbocycles. The average Bonchev–Trinajstić information content (AvgIpc) is 2.47. The van der Waals surface area contributed by atoms with Gasteiger partial charge in [-0.1, -0.05) is 13.8 Å². The molecule has 0 saturated carbocycles. The Bertz CT molecular complexity index is 266. The fourth-order valence-electron chi connectivity index (χ4n) is 1.37. The number of hydrogen-bond donors (Lipinski definition) is 1. The van der Waals surface area contributed by atoms with Crippen molar-refractivity contribution in [3.63, 3.8) is 0 Å². The van der Waals surface area contributed by atoms with Crippen LogP contribution in [0.3, 0.4) is 0 Å². The van der Waals surface area contributed by atoms with Crippen LogP contribution in [0.4, 0.5) is 0 Å². The van der Waals surface area contributed by atoms with Gasteiger partial charge in [-0.05, 0) is 31.7 Å². The average molecular weight is 196 g/mol. The summed E-state index contributed by atoms with van der Waals surface area (Å²) in [7, 11) is 0. The van der Waals surface area contributed by atoms with E-state index in [1.165, 1.54) is 0 Å². The summed E-state index contributed by atoms with van der Waals surface area (Å²) in [6.45, 7) is 7.13. The van der Waals surface area contributed by atoms with E-state index in [4.69, 9.17) is 5.11 Å². The van der Waals surface area contributed by atoms with Crippen LogP contribution in [-0.2, 0) is 13.0 Å². The zero-order chi connectivity index (χ0) is 10.6. The molecule has 0 radical (unpaired) electrons. The summed E-state index contributed by atoms with van der Waals surface area (Å²) in [6.07, 6.45) is 3.43. The van der Waals surface area contributed by atoms with Gasteiger partial charge in [-0.25, -0.2) is 0 Å². The van der Waals surface area contributed by atoms with E-state index in [0.29, 0.717) is 5.92 Å². The smallest absolute Gasteiger partial charge is 0.0625 e. The van der Waals surface area contributed by atoms with Crippen molar-refractivity contribution in [2.24, 2.45) is 5.92 Å². The predicted molar refractivity (Wildman–Crippen MR) is 57.1 cm³/mol. The molecule has 14 heavy (non-hydrogen) atoms. The van der Waals surface area contributed by atoms with Crippen molar-refractivity contribution in [1.82, 2.24) is 9.78 Å². The molecule has 0 aliphatic heterocycles. The number of nitrogens with zero attached hydrogens (tertiary/aromatic N) is 2. The Morgan fingerprint density at radius 1 is 1.43 bits per heavy atom. The van der Waals surface area contributed by atoms with Crippen LogP contribution in [0.15, 0.2) is 12.3 Å². The van der Waals surface area contributed by atoms with Crippen LogP contribution >= 0.6 is 0 Å². The van der Waals surface area contributed by atoms with Crippen molar-refractivity contribution in [3.8, 4) is 0 Å². The highest BCUT2D eigenvalue weighted by atomic mass is 16.3. The maximum absolute atomic E-state index is 9.13. The molecule has 3 heteroatoms. The van der Waals surface area contributed by atoms with Crippen LogP contribution in [0.1, 0.15) is 32.9 Å². The van der Waals surface area contributed by atoms with Gasteiger partial charge in [0.25, 0.3) is 0 Å². The summed E-state index contributed by atoms with van der Waals surface area (Å²) in [4.78, 5) is 0. The van der Waals surface area contributed by atoms with E-state index in [-0.39, 0.29) is 6.10 Å². The van der Waals surface area contributed by atoms with E-state index >= 15 is 0 Å². The maximum Gasteiger partial charge on any atom is 0.0625 e. The molecule has 0 bridgehead atoms. The summed E-state index contributed by atoms with van der Waals surface area (Å²) in [6, 6.07) is 2.03. The molecule has 1 N–H and O–H groups in total. The van der Waals surface area contributed by atoms with Gasteiger partial charge in [0, 0.05) is 12.7 Å². The first-order chi connectivity index (χ1) is 6.58. The van der Waals surface area contributed by atoms with Gasteiger partial charge in [0.15, 0.2) is 0 Å². The van der Waals surface area contributed by atoms with Crippen molar-refractivity contribution >= 4 is 0 Å². The largest absolute Gasteiger partial charge is 0.393 e. The van der Waals surface area contributed by atoms with Gasteiger partial charge in [-0.3, -0.25) is 4.68 Å². The van der Waals surface area contributed by atoms with E-state index in [9.17, 15) is 0 Å². The lowest BCUT2D eigenvalue weighted by Gasteiger charge is -2.04. The molecule has 0 saturated heterocycles. The topological polar surface area (TPSA) is 38.0 Å². The third kappa shape index (κ3) is 3.92. The lowest BCUT2D eigenvalue weighted by atomic mass is 10.2. The Morgan fingerprint density at radius 3 is 2.71 bits per heavy atom. The summed E-state index contributed by atoms with van der Waals surface area (Å²) in [5.74, 6) is 0.625. The van der Waals surface area contributed by atoms with E-state index in [1.807, 2.05) is 23.9 Å². The van der Waals surface area contributed by atoms with Gasteiger partial charge in [0.1, 0.15) is 0 Å². The zero-order valence-corrected chi connectivity index (χ0v) is 9.27. The lowest BCUT2D eigenvalue weighted by molar-refractivity contribution is 0.184. The minimum Gasteiger partial charge on any atom is -0.393 e. The number of aromatic nitrogens is 2. The van der Waals surface area contributed by atoms with Gasteiger partial charge < -0.3 is 5.11 Å². The maximum atomic E-state index is 9.13. The van der Waals surface area contributed by atoms with Crippen LogP contribution in [0.2, 0.25) is 0 Å². The van der Waals surface area contributed by atoms with E-state index in [2.05, 4.69) is 18.9 Å². The predicted octanol–water partition coefficient (Wildman–Crippen LogP) is 1.85. The third-order valence-corrected chi connectivity index (χ3v) is 2.07. The third-order valence-electron chi connectivity index (χ3n) is 2.07. The molecule has 1 rings (SSSR count). The molecule has 0 amide bonds. The molecule has 0 aromatic carbocycles. The first-order valence-corrected chi connectivity index (χ1v) is 5.28.